The van der Waals surface area contributed by atoms with Crippen molar-refractivity contribution in [1.82, 2.24) is 0 Å². The molecule has 0 bridgehead atoms. The van der Waals surface area contributed by atoms with E-state index in [1.165, 1.54) is 0 Å². The van der Waals surface area contributed by atoms with Crippen LogP contribution in [0.3, 0.4) is 0 Å². The molecule has 0 radical (unpaired) electrons. The highest BCUT2D eigenvalue weighted by atomic mass is 16.5. The van der Waals surface area contributed by atoms with Gasteiger partial charge in [0.15, 0.2) is 0 Å². The number of aliphatic imine (C=N–C) groups is 1. The quantitative estimate of drug-likeness (QED) is 0.459. The van der Waals surface area contributed by atoms with Gasteiger partial charge in [0, 0.05) is 12.2 Å². The van der Waals surface area contributed by atoms with Gasteiger partial charge in [0.1, 0.15) is 0 Å². The standard InChI is InChI=1S/C18H20N2O2/c1-3-20(15-10-6-5-7-11-15)14-19-17-13-9-8-12-16(17)18(21)22-4-2/h5-14H,3-4H2,1-2H3. The van der Waals surface area contributed by atoms with Crippen molar-refractivity contribution >= 4 is 23.7 Å². The van der Waals surface area contributed by atoms with E-state index >= 15 is 0 Å². The van der Waals surface area contributed by atoms with Crippen LogP contribution in [0.2, 0.25) is 0 Å². The minimum Gasteiger partial charge on any atom is -0.462 e. The molecular formula is C18H20N2O2. The van der Waals surface area contributed by atoms with Crippen molar-refractivity contribution in [3.05, 3.63) is 60.2 Å². The first kappa shape index (κ1) is 15.8. The Balaban J connectivity index is 2.24. The molecule has 0 unspecified atom stereocenters. The lowest BCUT2D eigenvalue weighted by Gasteiger charge is -2.17. The highest BCUT2D eigenvalue weighted by Crippen LogP contribution is 2.20. The van der Waals surface area contributed by atoms with Crippen LogP contribution in [0.25, 0.3) is 0 Å². The molecule has 0 spiro atoms. The van der Waals surface area contributed by atoms with Gasteiger partial charge in [0.2, 0.25) is 0 Å². The molecule has 114 valence electrons. The second kappa shape index (κ2) is 7.98. The molecule has 4 heteroatoms. The van der Waals surface area contributed by atoms with Gasteiger partial charge < -0.3 is 9.64 Å². The first-order chi connectivity index (χ1) is 10.8. The summed E-state index contributed by atoms with van der Waals surface area (Å²) in [5.74, 6) is -0.349. The predicted octanol–water partition coefficient (Wildman–Crippen LogP) is 4.05. The lowest BCUT2D eigenvalue weighted by atomic mass is 10.2. The molecule has 0 heterocycles. The third-order valence-electron chi connectivity index (χ3n) is 3.16. The van der Waals surface area contributed by atoms with Gasteiger partial charge in [-0.25, -0.2) is 9.79 Å². The molecule has 0 fully saturated rings. The number of benzene rings is 2. The number of hydrogen-bond donors (Lipinski definition) is 0. The van der Waals surface area contributed by atoms with Crippen molar-refractivity contribution in [3.8, 4) is 0 Å². The molecule has 2 aromatic carbocycles. The number of hydrogen-bond acceptors (Lipinski definition) is 3. The Kier molecular flexibility index (Phi) is 5.72. The van der Waals surface area contributed by atoms with E-state index in [-0.39, 0.29) is 5.97 Å². The Labute approximate surface area is 131 Å². The van der Waals surface area contributed by atoms with Gasteiger partial charge in [-0.3, -0.25) is 0 Å². The Morgan fingerprint density at radius 1 is 1.09 bits per heavy atom. The summed E-state index contributed by atoms with van der Waals surface area (Å²) in [5.41, 5.74) is 2.14. The Bertz CT molecular complexity index is 639. The van der Waals surface area contributed by atoms with Gasteiger partial charge >= 0.3 is 5.97 Å². The summed E-state index contributed by atoms with van der Waals surface area (Å²) < 4.78 is 5.06. The Morgan fingerprint density at radius 3 is 2.45 bits per heavy atom. The third kappa shape index (κ3) is 3.95. The zero-order valence-corrected chi connectivity index (χ0v) is 12.9. The molecule has 0 aromatic heterocycles. The van der Waals surface area contributed by atoms with Crippen molar-refractivity contribution < 1.29 is 9.53 Å². The molecule has 22 heavy (non-hydrogen) atoms. The maximum Gasteiger partial charge on any atom is 0.340 e. The second-order valence-electron chi connectivity index (χ2n) is 4.60. The van der Waals surface area contributed by atoms with Gasteiger partial charge in [-0.1, -0.05) is 30.3 Å². The SMILES string of the molecule is CCOC(=O)c1ccccc1N=CN(CC)c1ccccc1. The molecule has 0 saturated carbocycles. The molecule has 0 N–H and O–H groups in total. The minimum atomic E-state index is -0.349. The van der Waals surface area contributed by atoms with Crippen molar-refractivity contribution in [1.29, 1.82) is 0 Å². The summed E-state index contributed by atoms with van der Waals surface area (Å²) in [5, 5.41) is 0. The Morgan fingerprint density at radius 2 is 1.77 bits per heavy atom. The fourth-order valence-corrected chi connectivity index (χ4v) is 2.05. The maximum atomic E-state index is 11.9. The van der Waals surface area contributed by atoms with Crippen molar-refractivity contribution in [2.24, 2.45) is 4.99 Å². The number of anilines is 1. The van der Waals surface area contributed by atoms with Crippen LogP contribution in [-0.4, -0.2) is 25.5 Å². The molecule has 0 aliphatic heterocycles. The summed E-state index contributed by atoms with van der Waals surface area (Å²) >= 11 is 0. The van der Waals surface area contributed by atoms with Crippen molar-refractivity contribution in [2.75, 3.05) is 18.1 Å². The van der Waals surface area contributed by atoms with Crippen LogP contribution in [0.4, 0.5) is 11.4 Å². The van der Waals surface area contributed by atoms with Crippen LogP contribution in [0.5, 0.6) is 0 Å². The van der Waals surface area contributed by atoms with Gasteiger partial charge in [-0.15, -0.1) is 0 Å². The fourth-order valence-electron chi connectivity index (χ4n) is 2.05. The summed E-state index contributed by atoms with van der Waals surface area (Å²) in [6.07, 6.45) is 1.74. The lowest BCUT2D eigenvalue weighted by molar-refractivity contribution is 0.0527. The monoisotopic (exact) mass is 296 g/mol. The number of ether oxygens (including phenoxy) is 1. The lowest BCUT2D eigenvalue weighted by Crippen LogP contribution is -2.20. The Hall–Kier alpha value is -2.62. The summed E-state index contributed by atoms with van der Waals surface area (Å²) in [7, 11) is 0. The van der Waals surface area contributed by atoms with Crippen molar-refractivity contribution in [3.63, 3.8) is 0 Å². The van der Waals surface area contributed by atoms with E-state index in [9.17, 15) is 4.79 Å². The van der Waals surface area contributed by atoms with Gasteiger partial charge in [-0.2, -0.15) is 0 Å². The van der Waals surface area contributed by atoms with E-state index in [1.807, 2.05) is 47.4 Å². The highest BCUT2D eigenvalue weighted by molar-refractivity contribution is 5.96. The van der Waals surface area contributed by atoms with Gasteiger partial charge in [0.25, 0.3) is 0 Å². The van der Waals surface area contributed by atoms with Crippen LogP contribution in [0.1, 0.15) is 24.2 Å². The third-order valence-corrected chi connectivity index (χ3v) is 3.16. The summed E-state index contributed by atoms with van der Waals surface area (Å²) in [6, 6.07) is 17.2. The number of rotatable bonds is 6. The van der Waals surface area contributed by atoms with Crippen LogP contribution < -0.4 is 4.90 Å². The maximum absolute atomic E-state index is 11.9. The number of carbonyl (C=O) groups is 1. The van der Waals surface area contributed by atoms with Crippen LogP contribution in [0, 0.1) is 0 Å². The summed E-state index contributed by atoms with van der Waals surface area (Å²) in [4.78, 5) is 18.4. The number of esters is 1. The molecule has 2 rings (SSSR count). The second-order valence-corrected chi connectivity index (χ2v) is 4.60. The highest BCUT2D eigenvalue weighted by Gasteiger charge is 2.11. The van der Waals surface area contributed by atoms with Gasteiger partial charge in [-0.05, 0) is 38.1 Å². The minimum absolute atomic E-state index is 0.349. The van der Waals surface area contributed by atoms with Crippen LogP contribution in [-0.2, 0) is 4.74 Å². The molecule has 0 atom stereocenters. The molecular weight excluding hydrogens is 276 g/mol. The van der Waals surface area contributed by atoms with E-state index in [4.69, 9.17) is 4.74 Å². The smallest absolute Gasteiger partial charge is 0.340 e. The molecule has 0 saturated heterocycles. The zero-order valence-electron chi connectivity index (χ0n) is 12.9. The average Bonchev–Trinajstić information content (AvgIpc) is 2.57. The normalized spacial score (nSPS) is 10.6. The van der Waals surface area contributed by atoms with Gasteiger partial charge in [0.05, 0.1) is 24.2 Å². The average molecular weight is 296 g/mol. The molecule has 0 amide bonds. The number of carbonyl (C=O) groups excluding carboxylic acids is 1. The number of para-hydroxylation sites is 2. The van der Waals surface area contributed by atoms with Crippen LogP contribution in [0.15, 0.2) is 59.6 Å². The predicted molar refractivity (Wildman–Crippen MR) is 90.0 cm³/mol. The first-order valence-electron chi connectivity index (χ1n) is 7.38. The van der Waals surface area contributed by atoms with E-state index in [0.29, 0.717) is 17.9 Å². The zero-order chi connectivity index (χ0) is 15.8. The van der Waals surface area contributed by atoms with E-state index < -0.39 is 0 Å². The largest absolute Gasteiger partial charge is 0.462 e. The summed E-state index contributed by atoms with van der Waals surface area (Å²) in [6.45, 7) is 4.98. The van der Waals surface area contributed by atoms with Crippen molar-refractivity contribution in [2.45, 2.75) is 13.8 Å². The number of nitrogens with zero attached hydrogens (tertiary/aromatic N) is 2. The van der Waals surface area contributed by atoms with E-state index in [1.54, 1.807) is 25.4 Å². The fraction of sp³-hybridized carbons (Fsp3) is 0.222. The van der Waals surface area contributed by atoms with E-state index in [2.05, 4.69) is 11.9 Å². The molecule has 2 aromatic rings. The molecule has 0 aliphatic carbocycles. The van der Waals surface area contributed by atoms with Crippen LogP contribution >= 0.6 is 0 Å². The van der Waals surface area contributed by atoms with E-state index in [0.717, 1.165) is 12.2 Å². The molecule has 4 nitrogen and oxygen atoms in total. The first-order valence-corrected chi connectivity index (χ1v) is 7.38. The topological polar surface area (TPSA) is 41.9 Å². The molecule has 0 aliphatic rings.